The first-order chi connectivity index (χ1) is 13.1. The number of aromatic hydroxyl groups is 1. The van der Waals surface area contributed by atoms with Crippen LogP contribution in [-0.4, -0.2) is 36.5 Å². The number of carboxylic acids is 1. The van der Waals surface area contributed by atoms with Crippen LogP contribution in [0.3, 0.4) is 0 Å². The molecule has 7 heteroatoms. The Labute approximate surface area is 155 Å². The monoisotopic (exact) mass is 365 g/mol. The number of para-hydroxylation sites is 1. The van der Waals surface area contributed by atoms with Crippen LogP contribution in [0.4, 0.5) is 0 Å². The lowest BCUT2D eigenvalue weighted by Crippen LogP contribution is -2.15. The zero-order valence-corrected chi connectivity index (χ0v) is 14.6. The summed E-state index contributed by atoms with van der Waals surface area (Å²) in [6, 6.07) is 7.75. The molecule has 2 aromatic heterocycles. The van der Waals surface area contributed by atoms with E-state index in [9.17, 15) is 19.8 Å². The lowest BCUT2D eigenvalue weighted by atomic mass is 9.95. The van der Waals surface area contributed by atoms with Gasteiger partial charge in [0.25, 0.3) is 0 Å². The van der Waals surface area contributed by atoms with Gasteiger partial charge >= 0.3 is 5.97 Å². The summed E-state index contributed by atoms with van der Waals surface area (Å²) in [5.74, 6) is -2.08. The summed E-state index contributed by atoms with van der Waals surface area (Å²) >= 11 is 0. The Balaban J connectivity index is 1.84. The number of benzene rings is 1. The van der Waals surface area contributed by atoms with E-state index < -0.39 is 11.8 Å². The van der Waals surface area contributed by atoms with E-state index >= 15 is 0 Å². The molecule has 2 heterocycles. The zero-order chi connectivity index (χ0) is 19.0. The Kier molecular flexibility index (Phi) is 4.35. The molecule has 1 fully saturated rings. The molecule has 0 aliphatic heterocycles. The molecule has 3 aromatic rings. The van der Waals surface area contributed by atoms with Gasteiger partial charge in [-0.25, -0.2) is 14.8 Å². The second-order valence-corrected chi connectivity index (χ2v) is 6.82. The first kappa shape index (κ1) is 17.2. The maximum atomic E-state index is 12.8. The Bertz CT molecular complexity index is 1030. The summed E-state index contributed by atoms with van der Waals surface area (Å²) in [6.07, 6.45) is 7.14. The maximum absolute atomic E-state index is 12.8. The highest BCUT2D eigenvalue weighted by molar-refractivity contribution is 6.16. The number of carbonyl (C=O) groups excluding carboxylic acids is 1. The average molecular weight is 365 g/mol. The van der Waals surface area contributed by atoms with Crippen molar-refractivity contribution in [3.05, 3.63) is 53.5 Å². The number of phenols is 1. The van der Waals surface area contributed by atoms with Crippen LogP contribution in [0.1, 0.15) is 64.6 Å². The molecule has 0 amide bonds. The zero-order valence-electron chi connectivity index (χ0n) is 14.6. The molecule has 0 atom stereocenters. The number of pyridine rings is 1. The fraction of sp³-hybridized carbons (Fsp3) is 0.300. The summed E-state index contributed by atoms with van der Waals surface area (Å²) in [6.45, 7) is 0. The molecule has 0 spiro atoms. The van der Waals surface area contributed by atoms with Gasteiger partial charge in [-0.05, 0) is 31.0 Å². The Morgan fingerprint density at radius 2 is 1.81 bits per heavy atom. The van der Waals surface area contributed by atoms with E-state index in [1.54, 1.807) is 18.5 Å². The number of hydrogen-bond donors (Lipinski definition) is 2. The molecule has 1 aromatic carbocycles. The Hall–Kier alpha value is -3.22. The smallest absolute Gasteiger partial charge is 0.355 e. The molecule has 2 N–H and O–H groups in total. The molecule has 4 rings (SSSR count). The van der Waals surface area contributed by atoms with Crippen LogP contribution < -0.4 is 0 Å². The molecule has 1 aliphatic rings. The summed E-state index contributed by atoms with van der Waals surface area (Å²) in [7, 11) is 0. The highest BCUT2D eigenvalue weighted by Gasteiger charge is 2.25. The van der Waals surface area contributed by atoms with Crippen LogP contribution in [0.15, 0.2) is 36.7 Å². The number of nitrogens with zero attached hydrogens (tertiary/aromatic N) is 3. The van der Waals surface area contributed by atoms with Gasteiger partial charge in [0.15, 0.2) is 17.1 Å². The van der Waals surface area contributed by atoms with Gasteiger partial charge in [-0.2, -0.15) is 0 Å². The van der Waals surface area contributed by atoms with Crippen molar-refractivity contribution in [3.63, 3.8) is 0 Å². The maximum Gasteiger partial charge on any atom is 0.355 e. The van der Waals surface area contributed by atoms with Crippen LogP contribution in [0.25, 0.3) is 11.2 Å². The van der Waals surface area contributed by atoms with E-state index in [-0.39, 0.29) is 28.6 Å². The van der Waals surface area contributed by atoms with E-state index in [2.05, 4.69) is 9.97 Å². The third-order valence-electron chi connectivity index (χ3n) is 5.11. The minimum Gasteiger partial charge on any atom is -0.507 e. The van der Waals surface area contributed by atoms with Gasteiger partial charge in [0, 0.05) is 6.04 Å². The molecule has 1 aliphatic carbocycles. The molecular weight excluding hydrogens is 346 g/mol. The van der Waals surface area contributed by atoms with Crippen molar-refractivity contribution in [3.8, 4) is 5.75 Å². The predicted molar refractivity (Wildman–Crippen MR) is 98.1 cm³/mol. The lowest BCUT2D eigenvalue weighted by molar-refractivity contribution is 0.0686. The molecule has 27 heavy (non-hydrogen) atoms. The van der Waals surface area contributed by atoms with Gasteiger partial charge in [0.05, 0.1) is 17.5 Å². The van der Waals surface area contributed by atoms with Crippen molar-refractivity contribution in [1.82, 2.24) is 14.5 Å². The van der Waals surface area contributed by atoms with E-state index in [4.69, 9.17) is 0 Å². The Morgan fingerprint density at radius 3 is 2.52 bits per heavy atom. The first-order valence-corrected chi connectivity index (χ1v) is 9.00. The van der Waals surface area contributed by atoms with Crippen LogP contribution in [0, 0.1) is 0 Å². The summed E-state index contributed by atoms with van der Waals surface area (Å²) < 4.78 is 1.93. The number of fused-ring (bicyclic) bond motifs is 1. The van der Waals surface area contributed by atoms with Crippen molar-refractivity contribution >= 4 is 22.9 Å². The van der Waals surface area contributed by atoms with Crippen molar-refractivity contribution in [2.24, 2.45) is 0 Å². The van der Waals surface area contributed by atoms with E-state index in [1.807, 2.05) is 4.57 Å². The molecule has 0 bridgehead atoms. The number of aromatic nitrogens is 3. The fourth-order valence-corrected chi connectivity index (χ4v) is 3.73. The molecule has 7 nitrogen and oxygen atoms in total. The first-order valence-electron chi connectivity index (χ1n) is 9.00. The highest BCUT2D eigenvalue weighted by Crippen LogP contribution is 2.31. The number of phenolic OH excluding ortho intramolecular Hbond substituents is 1. The summed E-state index contributed by atoms with van der Waals surface area (Å²) in [4.78, 5) is 33.3. The minimum absolute atomic E-state index is 0.0351. The van der Waals surface area contributed by atoms with Crippen molar-refractivity contribution < 1.29 is 19.8 Å². The van der Waals surface area contributed by atoms with E-state index in [0.29, 0.717) is 11.2 Å². The third-order valence-corrected chi connectivity index (χ3v) is 5.11. The highest BCUT2D eigenvalue weighted by atomic mass is 16.4. The van der Waals surface area contributed by atoms with Gasteiger partial charge in [-0.1, -0.05) is 31.4 Å². The number of carboxylic acid groups (broad SMARTS) is 1. The quantitative estimate of drug-likeness (QED) is 0.685. The van der Waals surface area contributed by atoms with Gasteiger partial charge in [-0.15, -0.1) is 0 Å². The Morgan fingerprint density at radius 1 is 1.07 bits per heavy atom. The largest absolute Gasteiger partial charge is 0.507 e. The summed E-state index contributed by atoms with van der Waals surface area (Å²) in [5.41, 5.74) is 0.587. The number of imidazole rings is 1. The normalized spacial score (nSPS) is 15.1. The van der Waals surface area contributed by atoms with Crippen LogP contribution in [0.2, 0.25) is 0 Å². The van der Waals surface area contributed by atoms with Crippen LogP contribution >= 0.6 is 0 Å². The SMILES string of the molecule is O=C(c1ccccc1O)c1cc2ncn(C3CCCCC3)c2nc1C(=O)O. The second kappa shape index (κ2) is 6.83. The van der Waals surface area contributed by atoms with Crippen LogP contribution in [0.5, 0.6) is 5.75 Å². The number of aromatic carboxylic acids is 1. The van der Waals surface area contributed by atoms with Gasteiger partial charge in [0.1, 0.15) is 11.3 Å². The lowest BCUT2D eigenvalue weighted by Gasteiger charge is -2.23. The molecule has 1 saturated carbocycles. The van der Waals surface area contributed by atoms with Crippen molar-refractivity contribution in [1.29, 1.82) is 0 Å². The van der Waals surface area contributed by atoms with E-state index in [1.165, 1.54) is 24.6 Å². The number of rotatable bonds is 4. The van der Waals surface area contributed by atoms with Crippen molar-refractivity contribution in [2.45, 2.75) is 38.1 Å². The molecule has 0 radical (unpaired) electrons. The number of hydrogen-bond acceptors (Lipinski definition) is 5. The topological polar surface area (TPSA) is 105 Å². The van der Waals surface area contributed by atoms with E-state index in [0.717, 1.165) is 25.7 Å². The minimum atomic E-state index is -1.29. The number of carbonyl (C=O) groups is 2. The fourth-order valence-electron chi connectivity index (χ4n) is 3.73. The van der Waals surface area contributed by atoms with Crippen LogP contribution in [-0.2, 0) is 0 Å². The third kappa shape index (κ3) is 3.05. The second-order valence-electron chi connectivity index (χ2n) is 6.82. The number of ketones is 1. The molecular formula is C20H19N3O4. The van der Waals surface area contributed by atoms with Gasteiger partial charge in [0.2, 0.25) is 0 Å². The average Bonchev–Trinajstić information content (AvgIpc) is 3.10. The van der Waals surface area contributed by atoms with Gasteiger partial charge in [-0.3, -0.25) is 4.79 Å². The van der Waals surface area contributed by atoms with Crippen molar-refractivity contribution in [2.75, 3.05) is 0 Å². The van der Waals surface area contributed by atoms with Gasteiger partial charge < -0.3 is 14.8 Å². The summed E-state index contributed by atoms with van der Waals surface area (Å²) in [5, 5.41) is 19.6. The molecule has 0 saturated heterocycles. The predicted octanol–water partition coefficient (Wildman–Crippen LogP) is 3.57. The standard InChI is InChI=1S/C20H19N3O4/c24-16-9-5-4-8-13(16)18(25)14-10-15-19(22-17(14)20(26)27)23(11-21-15)12-6-2-1-3-7-12/h4-5,8-12,24H,1-3,6-7H2,(H,26,27). The molecule has 0 unspecified atom stereocenters. The molecule has 138 valence electrons.